The number of likely N-dealkylation sites (tertiary alicyclic amines) is 1. The molecule has 0 saturated carbocycles. The third-order valence-corrected chi connectivity index (χ3v) is 8.25. The van der Waals surface area contributed by atoms with Crippen molar-refractivity contribution in [3.8, 4) is 11.3 Å². The van der Waals surface area contributed by atoms with E-state index in [2.05, 4.69) is 22.9 Å². The average Bonchev–Trinajstić information content (AvgIpc) is 2.87. The van der Waals surface area contributed by atoms with Gasteiger partial charge < -0.3 is 4.90 Å². The molecule has 180 valence electrons. The maximum atomic E-state index is 13.7. The molecular formula is C28H29N3O3S. The van der Waals surface area contributed by atoms with Crippen LogP contribution < -0.4 is 4.72 Å². The molecule has 3 aromatic carbocycles. The summed E-state index contributed by atoms with van der Waals surface area (Å²) in [6, 6.07) is 23.8. The molecule has 0 radical (unpaired) electrons. The lowest BCUT2D eigenvalue weighted by Crippen LogP contribution is -2.47. The van der Waals surface area contributed by atoms with E-state index in [1.807, 2.05) is 66.4 Å². The molecule has 0 spiro atoms. The van der Waals surface area contributed by atoms with Gasteiger partial charge in [-0.15, -0.1) is 0 Å². The van der Waals surface area contributed by atoms with Gasteiger partial charge in [-0.25, -0.2) is 18.1 Å². The molecule has 1 fully saturated rings. The second-order valence-electron chi connectivity index (χ2n) is 9.10. The number of para-hydroxylation sites is 1. The summed E-state index contributed by atoms with van der Waals surface area (Å²) in [6.07, 6.45) is 1.79. The van der Waals surface area contributed by atoms with E-state index >= 15 is 0 Å². The zero-order valence-corrected chi connectivity index (χ0v) is 20.6. The number of aromatic nitrogens is 1. The van der Waals surface area contributed by atoms with Crippen molar-refractivity contribution in [3.63, 3.8) is 0 Å². The van der Waals surface area contributed by atoms with Gasteiger partial charge in [0.05, 0.1) is 22.5 Å². The molecule has 1 amide bonds. The molecule has 6 nitrogen and oxygen atoms in total. The predicted octanol–water partition coefficient (Wildman–Crippen LogP) is 4.99. The van der Waals surface area contributed by atoms with E-state index in [1.165, 1.54) is 0 Å². The second kappa shape index (κ2) is 9.76. The highest BCUT2D eigenvalue weighted by Gasteiger charge is 2.27. The Kier molecular flexibility index (Phi) is 6.54. The summed E-state index contributed by atoms with van der Waals surface area (Å²) >= 11 is 0. The Bertz CT molecular complexity index is 1490. The van der Waals surface area contributed by atoms with Gasteiger partial charge in [-0.05, 0) is 42.2 Å². The molecule has 35 heavy (non-hydrogen) atoms. The minimum atomic E-state index is -3.27. The van der Waals surface area contributed by atoms with Crippen LogP contribution in [0.3, 0.4) is 0 Å². The standard InChI is InChI=1S/C28H29N3O3S/c1-2-18-35(33,34)30-21-14-16-31(17-15-21)28(32)25-19-27(29-26-13-6-5-11-24(25)26)23-12-7-9-20-8-3-4-10-22(20)23/h3-13,19,21,30H,2,14-18H2,1H3. The fourth-order valence-electron chi connectivity index (χ4n) is 4.89. The molecule has 1 aliphatic rings. The van der Waals surface area contributed by atoms with E-state index in [0.717, 1.165) is 32.9 Å². The number of pyridine rings is 1. The predicted molar refractivity (Wildman–Crippen MR) is 141 cm³/mol. The number of carbonyl (C=O) groups is 1. The van der Waals surface area contributed by atoms with Crippen molar-refractivity contribution in [1.29, 1.82) is 0 Å². The fourth-order valence-corrected chi connectivity index (χ4v) is 6.29. The number of hydrogen-bond donors (Lipinski definition) is 1. The van der Waals surface area contributed by atoms with Gasteiger partial charge in [0, 0.05) is 30.1 Å². The van der Waals surface area contributed by atoms with Gasteiger partial charge in [-0.2, -0.15) is 0 Å². The smallest absolute Gasteiger partial charge is 0.254 e. The van der Waals surface area contributed by atoms with Crippen molar-refractivity contribution in [2.75, 3.05) is 18.8 Å². The summed E-state index contributed by atoms with van der Waals surface area (Å²) in [4.78, 5) is 20.5. The Morgan fingerprint density at radius 2 is 1.66 bits per heavy atom. The first-order chi connectivity index (χ1) is 16.9. The number of rotatable bonds is 6. The van der Waals surface area contributed by atoms with Crippen LogP contribution in [0.15, 0.2) is 72.8 Å². The van der Waals surface area contributed by atoms with E-state index < -0.39 is 10.0 Å². The van der Waals surface area contributed by atoms with Crippen LogP contribution in [0.1, 0.15) is 36.5 Å². The van der Waals surface area contributed by atoms with Crippen LogP contribution in [0.5, 0.6) is 0 Å². The summed E-state index contributed by atoms with van der Waals surface area (Å²) < 4.78 is 27.1. The summed E-state index contributed by atoms with van der Waals surface area (Å²) in [5.74, 6) is 0.0893. The second-order valence-corrected chi connectivity index (χ2v) is 11.0. The van der Waals surface area contributed by atoms with E-state index in [0.29, 0.717) is 37.9 Å². The summed E-state index contributed by atoms with van der Waals surface area (Å²) in [7, 11) is -3.27. The average molecular weight is 488 g/mol. The number of benzene rings is 3. The highest BCUT2D eigenvalue weighted by molar-refractivity contribution is 7.89. The number of fused-ring (bicyclic) bond motifs is 2. The van der Waals surface area contributed by atoms with Crippen molar-refractivity contribution >= 4 is 37.6 Å². The van der Waals surface area contributed by atoms with Crippen molar-refractivity contribution in [2.45, 2.75) is 32.2 Å². The number of sulfonamides is 1. The Morgan fingerprint density at radius 1 is 0.971 bits per heavy atom. The van der Waals surface area contributed by atoms with Crippen LogP contribution in [0.2, 0.25) is 0 Å². The van der Waals surface area contributed by atoms with Crippen LogP contribution in [0.25, 0.3) is 32.9 Å². The molecule has 0 unspecified atom stereocenters. The first kappa shape index (κ1) is 23.5. The summed E-state index contributed by atoms with van der Waals surface area (Å²) in [6.45, 7) is 2.88. The van der Waals surface area contributed by atoms with Crippen LogP contribution in [0.4, 0.5) is 0 Å². The highest BCUT2D eigenvalue weighted by Crippen LogP contribution is 2.31. The third-order valence-electron chi connectivity index (χ3n) is 6.61. The topological polar surface area (TPSA) is 79.4 Å². The number of nitrogens with one attached hydrogen (secondary N) is 1. The van der Waals surface area contributed by atoms with Gasteiger partial charge >= 0.3 is 0 Å². The van der Waals surface area contributed by atoms with E-state index in [1.54, 1.807) is 0 Å². The molecule has 4 aromatic rings. The monoisotopic (exact) mass is 487 g/mol. The SMILES string of the molecule is CCCS(=O)(=O)NC1CCN(C(=O)c2cc(-c3cccc4ccccc34)nc3ccccc23)CC1. The lowest BCUT2D eigenvalue weighted by molar-refractivity contribution is 0.0713. The molecule has 1 saturated heterocycles. The van der Waals surface area contributed by atoms with Gasteiger partial charge in [0.15, 0.2) is 0 Å². The molecule has 2 heterocycles. The molecule has 0 atom stereocenters. The van der Waals surface area contributed by atoms with E-state index in [-0.39, 0.29) is 17.7 Å². The maximum absolute atomic E-state index is 13.7. The molecule has 7 heteroatoms. The lowest BCUT2D eigenvalue weighted by Gasteiger charge is -2.32. The molecule has 0 aliphatic carbocycles. The van der Waals surface area contributed by atoms with Gasteiger partial charge in [0.25, 0.3) is 5.91 Å². The minimum absolute atomic E-state index is 0.0417. The molecular weight excluding hydrogens is 458 g/mol. The molecule has 5 rings (SSSR count). The molecule has 0 bridgehead atoms. The molecule has 1 aliphatic heterocycles. The summed E-state index contributed by atoms with van der Waals surface area (Å²) in [5, 5.41) is 3.05. The summed E-state index contributed by atoms with van der Waals surface area (Å²) in [5.41, 5.74) is 3.17. The van der Waals surface area contributed by atoms with Gasteiger partial charge in [-0.3, -0.25) is 4.79 Å². The largest absolute Gasteiger partial charge is 0.339 e. The maximum Gasteiger partial charge on any atom is 0.254 e. The number of hydrogen-bond acceptors (Lipinski definition) is 4. The van der Waals surface area contributed by atoms with E-state index in [4.69, 9.17) is 4.98 Å². The minimum Gasteiger partial charge on any atom is -0.339 e. The first-order valence-electron chi connectivity index (χ1n) is 12.1. The van der Waals surface area contributed by atoms with Crippen LogP contribution in [0, 0.1) is 0 Å². The van der Waals surface area contributed by atoms with Gasteiger partial charge in [0.2, 0.25) is 10.0 Å². The molecule has 1 N–H and O–H groups in total. The zero-order chi connectivity index (χ0) is 24.4. The zero-order valence-electron chi connectivity index (χ0n) is 19.8. The van der Waals surface area contributed by atoms with Crippen LogP contribution in [-0.4, -0.2) is 49.1 Å². The third kappa shape index (κ3) is 4.92. The Balaban J connectivity index is 1.46. The fraction of sp³-hybridized carbons (Fsp3) is 0.286. The van der Waals surface area contributed by atoms with Gasteiger partial charge in [0.1, 0.15) is 0 Å². The van der Waals surface area contributed by atoms with Crippen molar-refractivity contribution < 1.29 is 13.2 Å². The van der Waals surface area contributed by atoms with Crippen LogP contribution >= 0.6 is 0 Å². The van der Waals surface area contributed by atoms with Crippen molar-refractivity contribution in [3.05, 3.63) is 78.4 Å². The van der Waals surface area contributed by atoms with Crippen LogP contribution in [-0.2, 0) is 10.0 Å². The van der Waals surface area contributed by atoms with Gasteiger partial charge in [-0.1, -0.05) is 67.6 Å². The lowest BCUT2D eigenvalue weighted by atomic mass is 9.98. The van der Waals surface area contributed by atoms with E-state index in [9.17, 15) is 13.2 Å². The Morgan fingerprint density at radius 3 is 2.43 bits per heavy atom. The number of amides is 1. The Labute approximate surface area is 206 Å². The normalized spacial score (nSPS) is 15.1. The molecule has 1 aromatic heterocycles. The Hall–Kier alpha value is -3.29. The number of carbonyl (C=O) groups excluding carboxylic acids is 1. The van der Waals surface area contributed by atoms with Crippen molar-refractivity contribution in [1.82, 2.24) is 14.6 Å². The van der Waals surface area contributed by atoms with Crippen molar-refractivity contribution in [2.24, 2.45) is 0 Å². The quantitative estimate of drug-likeness (QED) is 0.416. The highest BCUT2D eigenvalue weighted by atomic mass is 32.2. The number of piperidine rings is 1. The first-order valence-corrected chi connectivity index (χ1v) is 13.8. The number of nitrogens with zero attached hydrogens (tertiary/aromatic N) is 2.